The highest BCUT2D eigenvalue weighted by molar-refractivity contribution is 7.82. The van der Waals surface area contributed by atoms with Crippen LogP contribution in [-0.2, 0) is 6.42 Å². The van der Waals surface area contributed by atoms with Crippen molar-refractivity contribution in [3.8, 4) is 6.07 Å². The number of amides is 1. The van der Waals surface area contributed by atoms with Crippen LogP contribution >= 0.6 is 24.0 Å². The molecule has 30 heavy (non-hydrogen) atoms. The lowest BCUT2D eigenvalue weighted by Crippen LogP contribution is -2.32. The third-order valence-corrected chi connectivity index (χ3v) is 5.58. The molecule has 11 heteroatoms. The number of pyridine rings is 1. The first-order chi connectivity index (χ1) is 14.6. The molecule has 0 radical (unpaired) electrons. The molecule has 4 aromatic rings. The lowest BCUT2D eigenvalue weighted by molar-refractivity contribution is 0.0986. The molecule has 0 fully saturated rings. The molecule has 1 N–H and O–H groups in total. The minimum Gasteiger partial charge on any atom is -0.293 e. The molecule has 0 unspecified atom stereocenters. The summed E-state index contributed by atoms with van der Waals surface area (Å²) >= 11 is 5.65. The maximum absolute atomic E-state index is 13.2. The normalized spacial score (nSPS) is 10.8. The van der Waals surface area contributed by atoms with Crippen LogP contribution in [0.5, 0.6) is 0 Å². The minimum absolute atomic E-state index is 0.179. The highest BCUT2D eigenvalue weighted by Gasteiger charge is 2.20. The van der Waals surface area contributed by atoms with E-state index in [9.17, 15) is 4.79 Å². The Balaban J connectivity index is 1.56. The summed E-state index contributed by atoms with van der Waals surface area (Å²) in [4.78, 5) is 24.5. The van der Waals surface area contributed by atoms with Gasteiger partial charge in [0.05, 0.1) is 11.6 Å². The number of hydrogen-bond donors (Lipinski definition) is 2. The number of rotatable bonds is 7. The van der Waals surface area contributed by atoms with Crippen molar-refractivity contribution < 1.29 is 4.79 Å². The second kappa shape index (κ2) is 8.98. The monoisotopic (exact) mass is 436 g/mol. The summed E-state index contributed by atoms with van der Waals surface area (Å²) in [6.45, 7) is 0.474. The number of aromatic amines is 1. The summed E-state index contributed by atoms with van der Waals surface area (Å²) in [5.41, 5.74) is 1.74. The molecular weight excluding hydrogens is 420 g/mol. The number of carbonyl (C=O) groups excluding carboxylic acids is 1. The number of anilines is 1. The van der Waals surface area contributed by atoms with Crippen LogP contribution in [0.15, 0.2) is 40.7 Å². The van der Waals surface area contributed by atoms with E-state index < -0.39 is 0 Å². The molecule has 0 spiro atoms. The fourth-order valence-electron chi connectivity index (χ4n) is 2.95. The van der Waals surface area contributed by atoms with Crippen molar-refractivity contribution in [2.24, 2.45) is 0 Å². The van der Waals surface area contributed by atoms with Crippen molar-refractivity contribution in [1.82, 2.24) is 30.6 Å². The number of nitrogens with zero attached hydrogens (tertiary/aromatic N) is 7. The lowest BCUT2D eigenvalue weighted by atomic mass is 10.1. The average molecular weight is 437 g/mol. The summed E-state index contributed by atoms with van der Waals surface area (Å²) in [7, 11) is 0. The number of benzene rings is 1. The molecule has 0 aliphatic carbocycles. The molecule has 0 saturated heterocycles. The standard InChI is InChI=1S/C19H16N8OS2/c20-11-12-4-6-13(7-5-12)18(28)27(10-2-1-3-15-23-25-26-24-15)16-9-8-14-17(22-16)30-19(29)21-14/h4-9H,1-3,10H2,(H,21,29)(H,23,24,25,26). The van der Waals surface area contributed by atoms with Gasteiger partial charge in [-0.05, 0) is 49.2 Å². The van der Waals surface area contributed by atoms with Crippen LogP contribution in [0, 0.1) is 11.3 Å². The van der Waals surface area contributed by atoms with Crippen LogP contribution in [0.25, 0.3) is 10.3 Å². The van der Waals surface area contributed by atoms with Gasteiger partial charge in [0.25, 0.3) is 5.91 Å². The fraction of sp³-hybridized carbons (Fsp3) is 0.211. The first kappa shape index (κ1) is 19.9. The summed E-state index contributed by atoms with van der Waals surface area (Å²) < 4.78 is 0.625. The van der Waals surface area contributed by atoms with E-state index in [4.69, 9.17) is 5.26 Å². The molecule has 0 aliphatic rings. The molecule has 0 atom stereocenters. The predicted octanol–water partition coefficient (Wildman–Crippen LogP) is 3.03. The Hall–Kier alpha value is -3.36. The molecule has 1 aromatic carbocycles. The largest absolute Gasteiger partial charge is 0.293 e. The van der Waals surface area contributed by atoms with Gasteiger partial charge in [-0.25, -0.2) is 9.97 Å². The number of fused-ring (bicyclic) bond motifs is 1. The summed E-state index contributed by atoms with van der Waals surface area (Å²) in [6, 6.07) is 12.3. The van der Waals surface area contributed by atoms with Crippen LogP contribution in [-0.4, -0.2) is 43.0 Å². The number of thiazole rings is 1. The quantitative estimate of drug-likeness (QED) is 0.337. The number of tetrazole rings is 1. The number of aromatic nitrogens is 6. The Labute approximate surface area is 181 Å². The van der Waals surface area contributed by atoms with Gasteiger partial charge in [-0.1, -0.05) is 16.6 Å². The van der Waals surface area contributed by atoms with E-state index in [1.807, 2.05) is 6.07 Å². The van der Waals surface area contributed by atoms with Crippen LogP contribution in [0.4, 0.5) is 5.82 Å². The zero-order valence-electron chi connectivity index (χ0n) is 15.7. The highest BCUT2D eigenvalue weighted by atomic mass is 32.2. The van der Waals surface area contributed by atoms with Crippen molar-refractivity contribution in [2.45, 2.75) is 23.6 Å². The molecule has 1 amide bonds. The fourth-order valence-corrected chi connectivity index (χ4v) is 3.99. The van der Waals surface area contributed by atoms with E-state index in [0.717, 1.165) is 23.2 Å². The second-order valence-electron chi connectivity index (χ2n) is 6.42. The van der Waals surface area contributed by atoms with E-state index in [2.05, 4.69) is 49.3 Å². The molecule has 9 nitrogen and oxygen atoms in total. The minimum atomic E-state index is -0.179. The zero-order valence-corrected chi connectivity index (χ0v) is 17.4. The van der Waals surface area contributed by atoms with E-state index in [1.54, 1.807) is 35.2 Å². The van der Waals surface area contributed by atoms with Gasteiger partial charge in [-0.2, -0.15) is 10.5 Å². The second-order valence-corrected chi connectivity index (χ2v) is 8.12. The summed E-state index contributed by atoms with van der Waals surface area (Å²) in [5, 5.41) is 22.9. The number of carbonyl (C=O) groups is 1. The number of hydrogen-bond acceptors (Lipinski definition) is 9. The molecular formula is C19H16N8OS2. The Morgan fingerprint density at radius 1 is 1.17 bits per heavy atom. The smallest absolute Gasteiger partial charge is 0.259 e. The average Bonchev–Trinajstić information content (AvgIpc) is 3.41. The molecule has 150 valence electrons. The number of H-pyrrole nitrogens is 1. The predicted molar refractivity (Wildman–Crippen MR) is 115 cm³/mol. The van der Waals surface area contributed by atoms with E-state index in [1.165, 1.54) is 11.3 Å². The Morgan fingerprint density at radius 3 is 2.73 bits per heavy atom. The SMILES string of the molecule is N#Cc1ccc(C(=O)N(CCCCc2nn[nH]n2)c2ccc3nc(S)sc3n2)cc1. The Bertz CT molecular complexity index is 1200. The van der Waals surface area contributed by atoms with Crippen LogP contribution in [0.2, 0.25) is 0 Å². The number of unbranched alkanes of at least 4 members (excludes halogenated alkanes) is 1. The van der Waals surface area contributed by atoms with E-state index in [0.29, 0.717) is 40.1 Å². The van der Waals surface area contributed by atoms with Crippen molar-refractivity contribution in [2.75, 3.05) is 11.4 Å². The van der Waals surface area contributed by atoms with E-state index in [-0.39, 0.29) is 5.91 Å². The number of nitriles is 1. The number of aryl methyl sites for hydroxylation is 1. The third kappa shape index (κ3) is 4.45. The van der Waals surface area contributed by atoms with Crippen LogP contribution in [0.1, 0.15) is 34.6 Å². The molecule has 3 aromatic heterocycles. The van der Waals surface area contributed by atoms with Gasteiger partial charge in [-0.15, -0.1) is 22.8 Å². The van der Waals surface area contributed by atoms with Gasteiger partial charge in [0.15, 0.2) is 5.82 Å². The molecule has 4 rings (SSSR count). The van der Waals surface area contributed by atoms with Gasteiger partial charge in [0, 0.05) is 18.5 Å². The molecule has 0 bridgehead atoms. The maximum atomic E-state index is 13.2. The van der Waals surface area contributed by atoms with Gasteiger partial charge in [0.1, 0.15) is 20.5 Å². The summed E-state index contributed by atoms with van der Waals surface area (Å²) in [6.07, 6.45) is 2.19. The van der Waals surface area contributed by atoms with Crippen molar-refractivity contribution in [3.05, 3.63) is 53.3 Å². The van der Waals surface area contributed by atoms with Crippen molar-refractivity contribution >= 4 is 46.0 Å². The maximum Gasteiger partial charge on any atom is 0.259 e. The lowest BCUT2D eigenvalue weighted by Gasteiger charge is -2.22. The topological polar surface area (TPSA) is 124 Å². The molecule has 3 heterocycles. The highest BCUT2D eigenvalue weighted by Crippen LogP contribution is 2.26. The van der Waals surface area contributed by atoms with Crippen molar-refractivity contribution in [1.29, 1.82) is 5.26 Å². The van der Waals surface area contributed by atoms with E-state index >= 15 is 0 Å². The Kier molecular flexibility index (Phi) is 5.97. The number of nitrogens with one attached hydrogen (secondary N) is 1. The van der Waals surface area contributed by atoms with Gasteiger partial charge >= 0.3 is 0 Å². The zero-order chi connectivity index (χ0) is 20.9. The van der Waals surface area contributed by atoms with Crippen molar-refractivity contribution in [3.63, 3.8) is 0 Å². The third-order valence-electron chi connectivity index (χ3n) is 4.43. The Morgan fingerprint density at radius 2 is 2.00 bits per heavy atom. The summed E-state index contributed by atoms with van der Waals surface area (Å²) in [5.74, 6) is 1.01. The van der Waals surface area contributed by atoms with Crippen LogP contribution in [0.3, 0.4) is 0 Å². The molecule has 0 aliphatic heterocycles. The molecule has 0 saturated carbocycles. The first-order valence-electron chi connectivity index (χ1n) is 9.15. The van der Waals surface area contributed by atoms with Gasteiger partial charge in [0.2, 0.25) is 0 Å². The first-order valence-corrected chi connectivity index (χ1v) is 10.4. The van der Waals surface area contributed by atoms with Gasteiger partial charge in [-0.3, -0.25) is 9.69 Å². The van der Waals surface area contributed by atoms with Gasteiger partial charge < -0.3 is 0 Å². The number of thiol groups is 1. The van der Waals surface area contributed by atoms with Crippen LogP contribution < -0.4 is 4.90 Å².